The predicted octanol–water partition coefficient (Wildman–Crippen LogP) is 2.41. The van der Waals surface area contributed by atoms with Gasteiger partial charge in [0.2, 0.25) is 5.91 Å². The number of nitrogens with one attached hydrogen (secondary N) is 1. The van der Waals surface area contributed by atoms with Crippen molar-refractivity contribution >= 4 is 5.91 Å². The van der Waals surface area contributed by atoms with Gasteiger partial charge in [0.25, 0.3) is 0 Å². The Hall–Kier alpha value is -0.570. The summed E-state index contributed by atoms with van der Waals surface area (Å²) in [4.78, 5) is 14.7. The molecule has 0 spiro atoms. The van der Waals surface area contributed by atoms with Gasteiger partial charge in [0.1, 0.15) is 0 Å². The van der Waals surface area contributed by atoms with E-state index in [0.29, 0.717) is 28.7 Å². The smallest absolute Gasteiger partial charge is 0.239 e. The van der Waals surface area contributed by atoms with E-state index in [9.17, 15) is 4.79 Å². The van der Waals surface area contributed by atoms with Gasteiger partial charge in [-0.1, -0.05) is 27.7 Å². The summed E-state index contributed by atoms with van der Waals surface area (Å²) < 4.78 is 0. The van der Waals surface area contributed by atoms with E-state index in [0.717, 1.165) is 25.9 Å². The van der Waals surface area contributed by atoms with Gasteiger partial charge in [-0.05, 0) is 42.4 Å². The van der Waals surface area contributed by atoms with Crippen LogP contribution < -0.4 is 5.32 Å². The van der Waals surface area contributed by atoms with Crippen molar-refractivity contribution in [3.8, 4) is 0 Å². The molecule has 0 radical (unpaired) electrons. The number of hydrogen-bond donors (Lipinski definition) is 1. The average Bonchev–Trinajstić information content (AvgIpc) is 3.19. The molecule has 0 aromatic heterocycles. The zero-order valence-corrected chi connectivity index (χ0v) is 12.8. The summed E-state index contributed by atoms with van der Waals surface area (Å²) >= 11 is 0. The minimum atomic E-state index is 0.103. The highest BCUT2D eigenvalue weighted by Crippen LogP contribution is 2.68. The van der Waals surface area contributed by atoms with Gasteiger partial charge in [-0.15, -0.1) is 0 Å². The normalized spacial score (nSPS) is 33.6. The maximum absolute atomic E-state index is 12.5. The minimum Gasteiger partial charge on any atom is -0.341 e. The van der Waals surface area contributed by atoms with Gasteiger partial charge in [0, 0.05) is 19.1 Å². The number of carbonyl (C=O) groups is 1. The fourth-order valence-corrected chi connectivity index (χ4v) is 3.82. The van der Waals surface area contributed by atoms with E-state index in [1.165, 1.54) is 12.8 Å². The van der Waals surface area contributed by atoms with Crippen LogP contribution >= 0.6 is 0 Å². The number of rotatable bonds is 4. The summed E-state index contributed by atoms with van der Waals surface area (Å²) in [6.45, 7) is 11.3. The number of hydrogen-bond acceptors (Lipinski definition) is 2. The molecule has 108 valence electrons. The average molecular weight is 264 g/mol. The quantitative estimate of drug-likeness (QED) is 0.845. The molecule has 2 saturated carbocycles. The molecule has 0 bridgehead atoms. The zero-order valence-electron chi connectivity index (χ0n) is 12.8. The molecule has 19 heavy (non-hydrogen) atoms. The fourth-order valence-electron chi connectivity index (χ4n) is 3.82. The third-order valence-electron chi connectivity index (χ3n) is 6.27. The molecule has 3 nitrogen and oxygen atoms in total. The molecule has 3 aliphatic rings. The molecular formula is C16H28N2O. The second-order valence-electron chi connectivity index (χ2n) is 7.92. The lowest BCUT2D eigenvalue weighted by molar-refractivity contribution is -0.136. The van der Waals surface area contributed by atoms with Gasteiger partial charge in [0.05, 0.1) is 6.04 Å². The first-order chi connectivity index (χ1) is 8.84. The molecular weight excluding hydrogens is 236 g/mol. The summed E-state index contributed by atoms with van der Waals surface area (Å²) in [5.41, 5.74) is 0.758. The second kappa shape index (κ2) is 4.21. The van der Waals surface area contributed by atoms with Gasteiger partial charge < -0.3 is 10.2 Å². The van der Waals surface area contributed by atoms with Crippen molar-refractivity contribution in [2.45, 2.75) is 65.5 Å². The Labute approximate surface area is 117 Å². The Balaban J connectivity index is 1.60. The number of amides is 1. The van der Waals surface area contributed by atoms with E-state index in [2.05, 4.69) is 37.9 Å². The van der Waals surface area contributed by atoms with E-state index >= 15 is 0 Å². The standard InChI is InChI=1S/C16H28N2O/c1-15(2)13(16(15,3)4)10-18-9-5-6-12(14(18)19)17-11-7-8-11/h11-13,17H,5-10H2,1-4H3. The second-order valence-corrected chi connectivity index (χ2v) is 7.92. The summed E-state index contributed by atoms with van der Waals surface area (Å²) in [5.74, 6) is 1.01. The van der Waals surface area contributed by atoms with Crippen molar-refractivity contribution in [2.75, 3.05) is 13.1 Å². The molecule has 0 aromatic carbocycles. The first-order valence-electron chi connectivity index (χ1n) is 7.89. The molecule has 3 heteroatoms. The number of nitrogens with zero attached hydrogens (tertiary/aromatic N) is 1. The Bertz CT molecular complexity index is 370. The van der Waals surface area contributed by atoms with Crippen LogP contribution in [-0.2, 0) is 4.79 Å². The molecule has 3 fully saturated rings. The SMILES string of the molecule is CC1(C)C(CN2CCCC(NC3CC3)C2=O)C1(C)C. The van der Waals surface area contributed by atoms with E-state index < -0.39 is 0 Å². The van der Waals surface area contributed by atoms with Crippen molar-refractivity contribution in [3.63, 3.8) is 0 Å². The predicted molar refractivity (Wildman–Crippen MR) is 76.8 cm³/mol. The van der Waals surface area contributed by atoms with Gasteiger partial charge in [-0.25, -0.2) is 0 Å². The van der Waals surface area contributed by atoms with Crippen molar-refractivity contribution in [3.05, 3.63) is 0 Å². The molecule has 1 aliphatic heterocycles. The molecule has 3 rings (SSSR count). The Morgan fingerprint density at radius 2 is 1.79 bits per heavy atom. The largest absolute Gasteiger partial charge is 0.341 e. The molecule has 2 aliphatic carbocycles. The molecule has 1 amide bonds. The summed E-state index contributed by atoms with van der Waals surface area (Å²) in [6.07, 6.45) is 4.70. The third kappa shape index (κ3) is 2.20. The highest BCUT2D eigenvalue weighted by atomic mass is 16.2. The topological polar surface area (TPSA) is 32.3 Å². The zero-order chi connectivity index (χ0) is 13.8. The fraction of sp³-hybridized carbons (Fsp3) is 0.938. The first kappa shape index (κ1) is 13.4. The maximum atomic E-state index is 12.5. The van der Waals surface area contributed by atoms with Crippen molar-refractivity contribution in [1.29, 1.82) is 0 Å². The van der Waals surface area contributed by atoms with Crippen LogP contribution in [0.3, 0.4) is 0 Å². The summed E-state index contributed by atoms with van der Waals surface area (Å²) in [5, 5.41) is 3.52. The minimum absolute atomic E-state index is 0.103. The van der Waals surface area contributed by atoms with E-state index in [-0.39, 0.29) is 6.04 Å². The number of carbonyl (C=O) groups excluding carboxylic acids is 1. The van der Waals surface area contributed by atoms with Crippen LogP contribution in [0.2, 0.25) is 0 Å². The van der Waals surface area contributed by atoms with Crippen LogP contribution in [0.5, 0.6) is 0 Å². The van der Waals surface area contributed by atoms with E-state index in [1.807, 2.05) is 0 Å². The Morgan fingerprint density at radius 1 is 1.16 bits per heavy atom. The summed E-state index contributed by atoms with van der Waals surface area (Å²) in [7, 11) is 0. The molecule has 1 atom stereocenters. The van der Waals surface area contributed by atoms with Gasteiger partial charge in [-0.2, -0.15) is 0 Å². The maximum Gasteiger partial charge on any atom is 0.239 e. The Kier molecular flexibility index (Phi) is 2.97. The lowest BCUT2D eigenvalue weighted by Gasteiger charge is -2.33. The van der Waals surface area contributed by atoms with Gasteiger partial charge >= 0.3 is 0 Å². The molecule has 0 aromatic rings. The molecule has 1 N–H and O–H groups in total. The van der Waals surface area contributed by atoms with Crippen LogP contribution in [0.1, 0.15) is 53.4 Å². The lowest BCUT2D eigenvalue weighted by Crippen LogP contribution is -2.52. The van der Waals surface area contributed by atoms with Crippen LogP contribution in [0, 0.1) is 16.7 Å². The van der Waals surface area contributed by atoms with E-state index in [4.69, 9.17) is 0 Å². The van der Waals surface area contributed by atoms with Gasteiger partial charge in [0.15, 0.2) is 0 Å². The van der Waals surface area contributed by atoms with E-state index in [1.54, 1.807) is 0 Å². The highest BCUT2D eigenvalue weighted by molar-refractivity contribution is 5.82. The molecule has 1 saturated heterocycles. The van der Waals surface area contributed by atoms with Gasteiger partial charge in [-0.3, -0.25) is 4.79 Å². The lowest BCUT2D eigenvalue weighted by atomic mass is 10.0. The highest BCUT2D eigenvalue weighted by Gasteiger charge is 2.64. The molecule has 1 unspecified atom stereocenters. The van der Waals surface area contributed by atoms with Crippen molar-refractivity contribution in [1.82, 2.24) is 10.2 Å². The van der Waals surface area contributed by atoms with Crippen LogP contribution in [0.4, 0.5) is 0 Å². The van der Waals surface area contributed by atoms with Crippen molar-refractivity contribution in [2.24, 2.45) is 16.7 Å². The first-order valence-corrected chi connectivity index (χ1v) is 7.89. The Morgan fingerprint density at radius 3 is 2.32 bits per heavy atom. The van der Waals surface area contributed by atoms with Crippen molar-refractivity contribution < 1.29 is 4.79 Å². The van der Waals surface area contributed by atoms with Crippen LogP contribution in [-0.4, -0.2) is 36.0 Å². The summed E-state index contributed by atoms with van der Waals surface area (Å²) in [6, 6.07) is 0.730. The third-order valence-corrected chi connectivity index (χ3v) is 6.27. The number of likely N-dealkylation sites (tertiary alicyclic amines) is 1. The molecule has 1 heterocycles. The number of piperidine rings is 1. The van der Waals surface area contributed by atoms with Crippen LogP contribution in [0.25, 0.3) is 0 Å². The van der Waals surface area contributed by atoms with Crippen LogP contribution in [0.15, 0.2) is 0 Å². The monoisotopic (exact) mass is 264 g/mol.